The van der Waals surface area contributed by atoms with E-state index in [-0.39, 0.29) is 31.7 Å². The van der Waals surface area contributed by atoms with Gasteiger partial charge in [0.1, 0.15) is 0 Å². The lowest BCUT2D eigenvalue weighted by Gasteiger charge is -2.19. The van der Waals surface area contributed by atoms with Crippen LogP contribution in [0.2, 0.25) is 0 Å². The summed E-state index contributed by atoms with van der Waals surface area (Å²) in [5.74, 6) is -0.212. The molecule has 0 spiro atoms. The Balaban J connectivity index is 1.42. The molecule has 33 heavy (non-hydrogen) atoms. The molecular weight excluding hydrogens is 437 g/mol. The molecule has 6 nitrogen and oxygen atoms in total. The first-order valence-corrected chi connectivity index (χ1v) is 12.8. The molecule has 0 heterocycles. The molecule has 3 aromatic rings. The van der Waals surface area contributed by atoms with E-state index in [1.165, 1.54) is 0 Å². The summed E-state index contributed by atoms with van der Waals surface area (Å²) in [5.41, 5.74) is 5.28. The standard InChI is InChI=1S/C26H30NO5P/c28-26(27-30-20-23-12-4-1-5-13-23)18-10-11-19-33(29,31-21-24-14-6-2-7-15-24)32-22-25-16-8-3-9-17-25/h1-9,12-17H,10-11,18-22H2,(H,27,28). The number of rotatable bonds is 14. The number of carbonyl (C=O) groups is 1. The number of nitrogens with one attached hydrogen (secondary N) is 1. The molecule has 0 radical (unpaired) electrons. The summed E-state index contributed by atoms with van der Waals surface area (Å²) in [6.45, 7) is 0.726. The first-order chi connectivity index (χ1) is 16.1. The zero-order chi connectivity index (χ0) is 23.2. The fraction of sp³-hybridized carbons (Fsp3) is 0.269. The molecular formula is C26H30NO5P. The molecule has 7 heteroatoms. The van der Waals surface area contributed by atoms with E-state index in [2.05, 4.69) is 5.48 Å². The smallest absolute Gasteiger partial charge is 0.304 e. The van der Waals surface area contributed by atoms with E-state index in [1.54, 1.807) is 0 Å². The Labute approximate surface area is 195 Å². The molecule has 0 aromatic heterocycles. The summed E-state index contributed by atoms with van der Waals surface area (Å²) in [6.07, 6.45) is 1.60. The van der Waals surface area contributed by atoms with Crippen molar-refractivity contribution in [2.24, 2.45) is 0 Å². The van der Waals surface area contributed by atoms with Crippen LogP contribution in [0, 0.1) is 0 Å². The fourth-order valence-corrected chi connectivity index (χ4v) is 4.71. The molecule has 3 rings (SSSR count). The Morgan fingerprint density at radius 3 is 1.61 bits per heavy atom. The van der Waals surface area contributed by atoms with Crippen molar-refractivity contribution in [2.75, 3.05) is 6.16 Å². The van der Waals surface area contributed by atoms with E-state index in [1.807, 2.05) is 91.0 Å². The van der Waals surface area contributed by atoms with E-state index < -0.39 is 7.60 Å². The molecule has 1 amide bonds. The maximum Gasteiger partial charge on any atom is 0.331 e. The molecule has 0 saturated heterocycles. The predicted molar refractivity (Wildman–Crippen MR) is 128 cm³/mol. The van der Waals surface area contributed by atoms with Gasteiger partial charge in [-0.05, 0) is 29.5 Å². The summed E-state index contributed by atoms with van der Waals surface area (Å²) in [7, 11) is -3.33. The van der Waals surface area contributed by atoms with Crippen molar-refractivity contribution in [2.45, 2.75) is 39.1 Å². The largest absolute Gasteiger partial charge is 0.331 e. The topological polar surface area (TPSA) is 73.9 Å². The SMILES string of the molecule is O=C(CCCCP(=O)(OCc1ccccc1)OCc1ccccc1)NOCc1ccccc1. The minimum atomic E-state index is -3.33. The third kappa shape index (κ3) is 9.72. The van der Waals surface area contributed by atoms with E-state index in [4.69, 9.17) is 13.9 Å². The molecule has 0 bridgehead atoms. The lowest BCUT2D eigenvalue weighted by Crippen LogP contribution is -2.23. The zero-order valence-corrected chi connectivity index (χ0v) is 19.5. The Morgan fingerprint density at radius 1 is 0.667 bits per heavy atom. The number of hydrogen-bond acceptors (Lipinski definition) is 5. The first kappa shape index (κ1) is 24.9. The van der Waals surface area contributed by atoms with Gasteiger partial charge in [-0.25, -0.2) is 5.48 Å². The van der Waals surface area contributed by atoms with Gasteiger partial charge in [-0.2, -0.15) is 0 Å². The van der Waals surface area contributed by atoms with E-state index >= 15 is 0 Å². The maximum absolute atomic E-state index is 13.4. The monoisotopic (exact) mass is 467 g/mol. The summed E-state index contributed by atoms with van der Waals surface area (Å²) < 4.78 is 24.9. The molecule has 174 valence electrons. The van der Waals surface area contributed by atoms with Gasteiger partial charge in [0.25, 0.3) is 0 Å². The van der Waals surface area contributed by atoms with Crippen LogP contribution in [0.5, 0.6) is 0 Å². The van der Waals surface area contributed by atoms with Crippen LogP contribution < -0.4 is 5.48 Å². The minimum absolute atomic E-state index is 0.209. The summed E-state index contributed by atoms with van der Waals surface area (Å²) in [4.78, 5) is 17.3. The zero-order valence-electron chi connectivity index (χ0n) is 18.6. The van der Waals surface area contributed by atoms with Crippen molar-refractivity contribution in [3.8, 4) is 0 Å². The predicted octanol–water partition coefficient (Wildman–Crippen LogP) is 6.03. The number of unbranched alkanes of at least 4 members (excludes halogenated alkanes) is 1. The molecule has 0 unspecified atom stereocenters. The van der Waals surface area contributed by atoms with Crippen molar-refractivity contribution in [3.63, 3.8) is 0 Å². The van der Waals surface area contributed by atoms with Crippen molar-refractivity contribution >= 4 is 13.5 Å². The highest BCUT2D eigenvalue weighted by atomic mass is 31.2. The molecule has 0 aliphatic heterocycles. The molecule has 3 aromatic carbocycles. The summed E-state index contributed by atoms with van der Waals surface area (Å²) in [5, 5.41) is 0. The van der Waals surface area contributed by atoms with E-state index in [0.717, 1.165) is 16.7 Å². The van der Waals surface area contributed by atoms with Crippen LogP contribution in [0.3, 0.4) is 0 Å². The number of benzene rings is 3. The number of amides is 1. The van der Waals surface area contributed by atoms with Crippen LogP contribution in [0.4, 0.5) is 0 Å². The van der Waals surface area contributed by atoms with E-state index in [0.29, 0.717) is 19.4 Å². The normalized spacial score (nSPS) is 11.3. The third-order valence-electron chi connectivity index (χ3n) is 4.89. The van der Waals surface area contributed by atoms with Gasteiger partial charge in [-0.15, -0.1) is 0 Å². The van der Waals surface area contributed by atoms with Crippen molar-refractivity contribution in [1.82, 2.24) is 5.48 Å². The summed E-state index contributed by atoms with van der Waals surface area (Å²) >= 11 is 0. The van der Waals surface area contributed by atoms with E-state index in [9.17, 15) is 9.36 Å². The number of hydrogen-bond donors (Lipinski definition) is 1. The lowest BCUT2D eigenvalue weighted by molar-refractivity contribution is -0.134. The second kappa shape index (κ2) is 13.7. The van der Waals surface area contributed by atoms with Gasteiger partial charge >= 0.3 is 7.60 Å². The Kier molecular flexibility index (Phi) is 10.3. The first-order valence-electron chi connectivity index (χ1n) is 11.0. The molecule has 0 aliphatic rings. The Hall–Kier alpha value is -2.76. The van der Waals surface area contributed by atoms with Gasteiger partial charge in [0, 0.05) is 6.42 Å². The van der Waals surface area contributed by atoms with Crippen LogP contribution in [-0.4, -0.2) is 12.1 Å². The molecule has 0 saturated carbocycles. The third-order valence-corrected chi connectivity index (χ3v) is 6.80. The average Bonchev–Trinajstić information content (AvgIpc) is 2.86. The van der Waals surface area contributed by atoms with Crippen molar-refractivity contribution < 1.29 is 23.2 Å². The fourth-order valence-electron chi connectivity index (χ4n) is 3.08. The lowest BCUT2D eigenvalue weighted by atomic mass is 10.2. The highest BCUT2D eigenvalue weighted by molar-refractivity contribution is 7.53. The van der Waals surface area contributed by atoms with Gasteiger partial charge in [0.05, 0.1) is 26.0 Å². The Bertz CT molecular complexity index is 951. The summed E-state index contributed by atoms with van der Waals surface area (Å²) in [6, 6.07) is 28.8. The quantitative estimate of drug-likeness (QED) is 0.178. The van der Waals surface area contributed by atoms with Crippen LogP contribution in [0.1, 0.15) is 36.0 Å². The van der Waals surface area contributed by atoms with Gasteiger partial charge in [-0.3, -0.25) is 14.2 Å². The average molecular weight is 468 g/mol. The van der Waals surface area contributed by atoms with Gasteiger partial charge in [0.15, 0.2) is 0 Å². The van der Waals surface area contributed by atoms with Crippen LogP contribution in [0.15, 0.2) is 91.0 Å². The minimum Gasteiger partial charge on any atom is -0.304 e. The number of hydroxylamine groups is 1. The van der Waals surface area contributed by atoms with Crippen LogP contribution in [-0.2, 0) is 43.1 Å². The highest BCUT2D eigenvalue weighted by Gasteiger charge is 2.24. The second-order valence-corrected chi connectivity index (χ2v) is 9.79. The molecule has 0 atom stereocenters. The van der Waals surface area contributed by atoms with Gasteiger partial charge in [0.2, 0.25) is 5.91 Å². The van der Waals surface area contributed by atoms with Crippen molar-refractivity contribution in [1.29, 1.82) is 0 Å². The van der Waals surface area contributed by atoms with Crippen LogP contribution >= 0.6 is 7.60 Å². The molecule has 1 N–H and O–H groups in total. The van der Waals surface area contributed by atoms with Gasteiger partial charge < -0.3 is 9.05 Å². The van der Waals surface area contributed by atoms with Crippen LogP contribution in [0.25, 0.3) is 0 Å². The Morgan fingerprint density at radius 2 is 1.12 bits per heavy atom. The molecule has 0 fully saturated rings. The maximum atomic E-state index is 13.4. The highest BCUT2D eigenvalue weighted by Crippen LogP contribution is 2.50. The van der Waals surface area contributed by atoms with Gasteiger partial charge in [-0.1, -0.05) is 91.0 Å². The van der Waals surface area contributed by atoms with Crippen molar-refractivity contribution in [3.05, 3.63) is 108 Å². The second-order valence-electron chi connectivity index (χ2n) is 7.61. The number of carbonyl (C=O) groups excluding carboxylic acids is 1. The molecule has 0 aliphatic carbocycles.